The van der Waals surface area contributed by atoms with Crippen molar-refractivity contribution >= 4 is 38.8 Å². The van der Waals surface area contributed by atoms with Crippen LogP contribution in [-0.2, 0) is 11.2 Å². The zero-order chi connectivity index (χ0) is 19.1. The van der Waals surface area contributed by atoms with E-state index in [9.17, 15) is 9.90 Å². The molecule has 7 nitrogen and oxygen atoms in total. The molecule has 0 radical (unpaired) electrons. The fraction of sp³-hybridized carbons (Fsp3) is 0.286. The van der Waals surface area contributed by atoms with Gasteiger partial charge in [-0.2, -0.15) is 0 Å². The number of hydrogen-bond acceptors (Lipinski definition) is 5. The maximum absolute atomic E-state index is 11.4. The Kier molecular flexibility index (Phi) is 4.18. The first-order chi connectivity index (χ1) is 13.7. The van der Waals surface area contributed by atoms with Crippen molar-refractivity contribution in [1.82, 2.24) is 19.9 Å². The van der Waals surface area contributed by atoms with Gasteiger partial charge in [-0.25, -0.2) is 9.78 Å². The number of aromatic carboxylic acids is 1. The summed E-state index contributed by atoms with van der Waals surface area (Å²) in [5, 5.41) is 11.4. The Hall–Kier alpha value is -3.03. The molecule has 0 saturated carbocycles. The first-order valence-electron chi connectivity index (χ1n) is 9.43. The Morgan fingerprint density at radius 2 is 2.04 bits per heavy atom. The van der Waals surface area contributed by atoms with Gasteiger partial charge in [0, 0.05) is 30.4 Å². The molecule has 2 aromatic heterocycles. The van der Waals surface area contributed by atoms with Gasteiger partial charge in [-0.3, -0.25) is 9.88 Å². The van der Waals surface area contributed by atoms with Crippen LogP contribution in [0.15, 0.2) is 36.5 Å². The van der Waals surface area contributed by atoms with Crippen molar-refractivity contribution < 1.29 is 14.6 Å². The van der Waals surface area contributed by atoms with Crippen molar-refractivity contribution in [2.75, 3.05) is 32.8 Å². The molecular formula is C21H20N4O3. The van der Waals surface area contributed by atoms with Crippen molar-refractivity contribution in [3.8, 4) is 0 Å². The molecule has 2 aromatic carbocycles. The van der Waals surface area contributed by atoms with Gasteiger partial charge in [0.25, 0.3) is 0 Å². The second kappa shape index (κ2) is 6.85. The third kappa shape index (κ3) is 2.89. The largest absolute Gasteiger partial charge is 0.477 e. The van der Waals surface area contributed by atoms with E-state index >= 15 is 0 Å². The molecule has 0 bridgehead atoms. The van der Waals surface area contributed by atoms with E-state index in [-0.39, 0.29) is 5.69 Å². The molecule has 28 heavy (non-hydrogen) atoms. The number of H-pyrrole nitrogens is 1. The van der Waals surface area contributed by atoms with Crippen LogP contribution in [0.2, 0.25) is 0 Å². The van der Waals surface area contributed by atoms with Crippen LogP contribution in [0, 0.1) is 0 Å². The molecule has 1 saturated heterocycles. The topological polar surface area (TPSA) is 91.3 Å². The number of para-hydroxylation sites is 1. The predicted octanol–water partition coefficient (Wildman–Crippen LogP) is 2.84. The minimum Gasteiger partial charge on any atom is -0.477 e. The molecule has 142 valence electrons. The van der Waals surface area contributed by atoms with Crippen LogP contribution in [0.3, 0.4) is 0 Å². The average molecular weight is 376 g/mol. The van der Waals surface area contributed by atoms with Crippen LogP contribution in [0.1, 0.15) is 16.1 Å². The van der Waals surface area contributed by atoms with E-state index in [4.69, 9.17) is 9.72 Å². The van der Waals surface area contributed by atoms with Crippen molar-refractivity contribution in [3.63, 3.8) is 0 Å². The first kappa shape index (κ1) is 17.1. The predicted molar refractivity (Wildman–Crippen MR) is 107 cm³/mol. The molecule has 1 aliphatic heterocycles. The number of hydrogen-bond donors (Lipinski definition) is 2. The van der Waals surface area contributed by atoms with Crippen LogP contribution in [-0.4, -0.2) is 63.8 Å². The summed E-state index contributed by atoms with van der Waals surface area (Å²) in [6.07, 6.45) is 2.21. The van der Waals surface area contributed by atoms with E-state index in [1.54, 1.807) is 0 Å². The van der Waals surface area contributed by atoms with Gasteiger partial charge in [-0.15, -0.1) is 0 Å². The van der Waals surface area contributed by atoms with E-state index in [1.165, 1.54) is 6.20 Å². The first-order valence-corrected chi connectivity index (χ1v) is 9.43. The smallest absolute Gasteiger partial charge is 0.353 e. The molecule has 3 heterocycles. The number of aromatic nitrogens is 3. The van der Waals surface area contributed by atoms with Crippen molar-refractivity contribution in [2.24, 2.45) is 0 Å². The molecule has 0 aliphatic carbocycles. The highest BCUT2D eigenvalue weighted by Gasteiger charge is 2.17. The molecular weight excluding hydrogens is 356 g/mol. The summed E-state index contributed by atoms with van der Waals surface area (Å²) in [7, 11) is 0. The summed E-state index contributed by atoms with van der Waals surface area (Å²) >= 11 is 0. The number of ether oxygens (including phenoxy) is 1. The van der Waals surface area contributed by atoms with Gasteiger partial charge in [0.15, 0.2) is 0 Å². The van der Waals surface area contributed by atoms with Gasteiger partial charge in [0.2, 0.25) is 0 Å². The summed E-state index contributed by atoms with van der Waals surface area (Å²) < 4.78 is 5.43. The Morgan fingerprint density at radius 3 is 2.86 bits per heavy atom. The van der Waals surface area contributed by atoms with E-state index in [0.29, 0.717) is 0 Å². The molecule has 0 atom stereocenters. The van der Waals surface area contributed by atoms with E-state index in [2.05, 4.69) is 14.9 Å². The van der Waals surface area contributed by atoms with Gasteiger partial charge in [0.1, 0.15) is 5.69 Å². The SMILES string of the molecule is O=C(O)c1cnc2c(cc(CCN3CCOCC3)c3nc4ccccc4c32)[nH]1. The monoisotopic (exact) mass is 376 g/mol. The molecule has 1 fully saturated rings. The minimum absolute atomic E-state index is 0.0785. The van der Waals surface area contributed by atoms with E-state index in [0.717, 1.165) is 77.7 Å². The minimum atomic E-state index is -1.02. The number of morpholine rings is 1. The second-order valence-electron chi connectivity index (χ2n) is 7.09. The molecule has 7 heteroatoms. The molecule has 1 aliphatic rings. The summed E-state index contributed by atoms with van der Waals surface area (Å²) in [4.78, 5) is 26.1. The summed E-state index contributed by atoms with van der Waals surface area (Å²) in [6, 6.07) is 10.0. The van der Waals surface area contributed by atoms with E-state index in [1.807, 2.05) is 30.3 Å². The Labute approximate surface area is 161 Å². The number of nitrogens with one attached hydrogen (secondary N) is 1. The maximum atomic E-state index is 11.4. The van der Waals surface area contributed by atoms with Gasteiger partial charge >= 0.3 is 5.97 Å². The standard InChI is InChI=1S/C21H20N4O3/c26-21(27)17-12-22-20-16(23-17)11-13(5-6-25-7-9-28-10-8-25)19-18(20)14-3-1-2-4-15(14)24-19/h1-4,11-12,23H,5-10H2,(H,26,27). The number of aromatic amines is 1. The molecule has 0 amide bonds. The van der Waals surface area contributed by atoms with Gasteiger partial charge in [-0.05, 0) is 24.1 Å². The summed E-state index contributed by atoms with van der Waals surface area (Å²) in [6.45, 7) is 4.32. The zero-order valence-corrected chi connectivity index (χ0v) is 15.3. The summed E-state index contributed by atoms with van der Waals surface area (Å²) in [5.74, 6) is -1.02. The lowest BCUT2D eigenvalue weighted by atomic mass is 10.0. The Balaban J connectivity index is 1.68. The van der Waals surface area contributed by atoms with Gasteiger partial charge in [0.05, 0.1) is 41.5 Å². The highest BCUT2D eigenvalue weighted by atomic mass is 16.5. The van der Waals surface area contributed by atoms with Crippen LogP contribution in [0.4, 0.5) is 0 Å². The maximum Gasteiger partial charge on any atom is 0.353 e. The van der Waals surface area contributed by atoms with Crippen molar-refractivity contribution in [3.05, 3.63) is 47.8 Å². The molecule has 2 N–H and O–H groups in total. The van der Waals surface area contributed by atoms with Crippen LogP contribution < -0.4 is 0 Å². The lowest BCUT2D eigenvalue weighted by Crippen LogP contribution is -2.37. The van der Waals surface area contributed by atoms with Crippen molar-refractivity contribution in [2.45, 2.75) is 6.42 Å². The van der Waals surface area contributed by atoms with E-state index < -0.39 is 5.97 Å². The Bertz CT molecular complexity index is 1190. The number of rotatable bonds is 4. The number of benzene rings is 2. The third-order valence-corrected chi connectivity index (χ3v) is 5.38. The molecule has 4 aromatic rings. The van der Waals surface area contributed by atoms with Crippen LogP contribution in [0.5, 0.6) is 0 Å². The van der Waals surface area contributed by atoms with Crippen LogP contribution in [0.25, 0.3) is 32.8 Å². The van der Waals surface area contributed by atoms with Gasteiger partial charge < -0.3 is 14.8 Å². The lowest BCUT2D eigenvalue weighted by Gasteiger charge is -2.26. The number of fused-ring (bicyclic) bond motifs is 5. The second-order valence-corrected chi connectivity index (χ2v) is 7.09. The molecule has 5 rings (SSSR count). The highest BCUT2D eigenvalue weighted by Crippen LogP contribution is 2.33. The fourth-order valence-corrected chi connectivity index (χ4v) is 3.94. The number of nitrogens with zero attached hydrogens (tertiary/aromatic N) is 3. The summed E-state index contributed by atoms with van der Waals surface area (Å²) in [5.41, 5.74) is 4.54. The number of carboxylic acid groups (broad SMARTS) is 1. The quantitative estimate of drug-likeness (QED) is 0.569. The molecule has 0 spiro atoms. The molecule has 0 unspecified atom stereocenters. The third-order valence-electron chi connectivity index (χ3n) is 5.38. The normalized spacial score (nSPS) is 15.6. The van der Waals surface area contributed by atoms with Crippen LogP contribution >= 0.6 is 0 Å². The zero-order valence-electron chi connectivity index (χ0n) is 15.3. The lowest BCUT2D eigenvalue weighted by molar-refractivity contribution is 0.0385. The fourth-order valence-electron chi connectivity index (χ4n) is 3.94. The van der Waals surface area contributed by atoms with Crippen molar-refractivity contribution in [1.29, 1.82) is 0 Å². The van der Waals surface area contributed by atoms with Gasteiger partial charge in [-0.1, -0.05) is 18.2 Å². The Morgan fingerprint density at radius 1 is 1.21 bits per heavy atom. The number of carbonyl (C=O) groups is 1. The average Bonchev–Trinajstić information content (AvgIpc) is 3.12. The number of carboxylic acids is 1. The highest BCUT2D eigenvalue weighted by molar-refractivity contribution is 6.19.